The molecule has 0 radical (unpaired) electrons. The molecule has 1 amide bonds. The van der Waals surface area contributed by atoms with Crippen molar-refractivity contribution in [3.8, 4) is 5.75 Å². The van der Waals surface area contributed by atoms with Crippen molar-refractivity contribution in [2.45, 2.75) is 12.5 Å². The van der Waals surface area contributed by atoms with Crippen LogP contribution in [0.1, 0.15) is 17.4 Å². The lowest BCUT2D eigenvalue weighted by molar-refractivity contribution is 0.189. The van der Waals surface area contributed by atoms with Crippen LogP contribution in [-0.4, -0.2) is 28.3 Å². The number of fused-ring (bicyclic) bond motifs is 1. The molecule has 1 aromatic heterocycles. The number of ether oxygens (including phenoxy) is 1. The summed E-state index contributed by atoms with van der Waals surface area (Å²) < 4.78 is 46.5. The molecule has 3 aromatic rings. The molecule has 0 aliphatic heterocycles. The summed E-state index contributed by atoms with van der Waals surface area (Å²) >= 11 is 0. The first-order chi connectivity index (χ1) is 12.4. The molecule has 1 unspecified atom stereocenters. The number of carbonyl (C=O) groups is 1. The highest BCUT2D eigenvalue weighted by atomic mass is 19.1. The number of hydrogen-bond acceptors (Lipinski definition) is 3. The monoisotopic (exact) mass is 365 g/mol. The molecule has 136 valence electrons. The summed E-state index contributed by atoms with van der Waals surface area (Å²) in [7, 11) is 1.27. The number of H-pyrrole nitrogens is 1. The number of halogens is 3. The second-order valence-electron chi connectivity index (χ2n) is 5.56. The van der Waals surface area contributed by atoms with Gasteiger partial charge in [0.05, 0.1) is 24.2 Å². The van der Waals surface area contributed by atoms with Crippen molar-refractivity contribution < 1.29 is 27.8 Å². The zero-order valence-corrected chi connectivity index (χ0v) is 13.5. The molecule has 3 rings (SSSR count). The molecule has 2 aromatic carbocycles. The molecule has 1 atom stereocenters. The van der Waals surface area contributed by atoms with E-state index in [-0.39, 0.29) is 29.1 Å². The third kappa shape index (κ3) is 3.56. The Hall–Kier alpha value is -3.23. The van der Waals surface area contributed by atoms with Gasteiger partial charge in [0.1, 0.15) is 29.0 Å². The zero-order valence-electron chi connectivity index (χ0n) is 13.5. The van der Waals surface area contributed by atoms with Crippen LogP contribution in [0.15, 0.2) is 30.3 Å². The maximum Gasteiger partial charge on any atom is 0.405 e. The number of aromatic nitrogens is 2. The molecule has 0 saturated heterocycles. The van der Waals surface area contributed by atoms with E-state index in [0.717, 1.165) is 12.1 Å². The van der Waals surface area contributed by atoms with Gasteiger partial charge in [-0.25, -0.2) is 22.9 Å². The third-order valence-corrected chi connectivity index (χ3v) is 3.85. The number of aromatic amines is 1. The molecule has 3 N–H and O–H groups in total. The Bertz CT molecular complexity index is 951. The first-order valence-electron chi connectivity index (χ1n) is 7.54. The maximum atomic E-state index is 14.2. The molecule has 6 nitrogen and oxygen atoms in total. The first kappa shape index (κ1) is 17.6. The lowest BCUT2D eigenvalue weighted by Crippen LogP contribution is -2.29. The van der Waals surface area contributed by atoms with Crippen LogP contribution in [-0.2, 0) is 6.42 Å². The summed E-state index contributed by atoms with van der Waals surface area (Å²) in [5, 5.41) is 11.2. The minimum atomic E-state index is -1.39. The van der Waals surface area contributed by atoms with Crippen LogP contribution < -0.4 is 10.1 Å². The molecule has 0 bridgehead atoms. The van der Waals surface area contributed by atoms with Crippen LogP contribution in [0, 0.1) is 17.5 Å². The van der Waals surface area contributed by atoms with Gasteiger partial charge in [-0.2, -0.15) is 0 Å². The predicted molar refractivity (Wildman–Crippen MR) is 86.6 cm³/mol. The summed E-state index contributed by atoms with van der Waals surface area (Å²) in [5.41, 5.74) is 0.415. The molecule has 26 heavy (non-hydrogen) atoms. The SMILES string of the molecule is COc1cc(F)c(CC(NC(=O)O)c2nc3cc(F)ccc3[nH]2)c(F)c1. The van der Waals surface area contributed by atoms with Crippen molar-refractivity contribution in [3.05, 3.63) is 59.2 Å². The van der Waals surface area contributed by atoms with E-state index in [4.69, 9.17) is 9.84 Å². The normalized spacial score (nSPS) is 12.2. The Kier molecular flexibility index (Phi) is 4.70. The fraction of sp³-hybridized carbons (Fsp3) is 0.176. The van der Waals surface area contributed by atoms with Crippen molar-refractivity contribution in [1.82, 2.24) is 15.3 Å². The molecule has 0 aliphatic rings. The van der Waals surface area contributed by atoms with E-state index >= 15 is 0 Å². The van der Waals surface area contributed by atoms with Gasteiger partial charge < -0.3 is 20.1 Å². The van der Waals surface area contributed by atoms with E-state index in [1.807, 2.05) is 0 Å². The van der Waals surface area contributed by atoms with Gasteiger partial charge in [-0.05, 0) is 12.1 Å². The molecular formula is C17H14F3N3O3. The van der Waals surface area contributed by atoms with Crippen molar-refractivity contribution >= 4 is 17.1 Å². The van der Waals surface area contributed by atoms with E-state index in [2.05, 4.69) is 15.3 Å². The third-order valence-electron chi connectivity index (χ3n) is 3.85. The van der Waals surface area contributed by atoms with E-state index < -0.39 is 29.6 Å². The summed E-state index contributed by atoms with van der Waals surface area (Å²) in [6.45, 7) is 0. The highest BCUT2D eigenvalue weighted by Crippen LogP contribution is 2.26. The molecule has 0 saturated carbocycles. The van der Waals surface area contributed by atoms with E-state index in [9.17, 15) is 18.0 Å². The topological polar surface area (TPSA) is 87.2 Å². The minimum absolute atomic E-state index is 0.00528. The number of imidazole rings is 1. The standard InChI is InChI=1S/C17H14F3N3O3/c1-26-9-5-11(19)10(12(20)6-9)7-15(23-17(24)25)16-21-13-3-2-8(18)4-14(13)22-16/h2-6,15,23H,7H2,1H3,(H,21,22)(H,24,25). The van der Waals surface area contributed by atoms with Crippen LogP contribution in [0.25, 0.3) is 11.0 Å². The van der Waals surface area contributed by atoms with Crippen LogP contribution in [0.5, 0.6) is 5.75 Å². The highest BCUT2D eigenvalue weighted by Gasteiger charge is 2.23. The smallest absolute Gasteiger partial charge is 0.405 e. The van der Waals surface area contributed by atoms with Crippen molar-refractivity contribution in [2.24, 2.45) is 0 Å². The lowest BCUT2D eigenvalue weighted by atomic mass is 10.0. The second kappa shape index (κ2) is 6.95. The van der Waals surface area contributed by atoms with Crippen molar-refractivity contribution in [3.63, 3.8) is 0 Å². The zero-order chi connectivity index (χ0) is 18.8. The fourth-order valence-corrected chi connectivity index (χ4v) is 2.63. The number of nitrogens with one attached hydrogen (secondary N) is 2. The van der Waals surface area contributed by atoms with Gasteiger partial charge in [0.25, 0.3) is 0 Å². The average molecular weight is 365 g/mol. The number of rotatable bonds is 5. The van der Waals surface area contributed by atoms with Crippen molar-refractivity contribution in [1.29, 1.82) is 0 Å². The largest absolute Gasteiger partial charge is 0.497 e. The summed E-state index contributed by atoms with van der Waals surface area (Å²) in [6, 6.07) is 4.76. The summed E-state index contributed by atoms with van der Waals surface area (Å²) in [4.78, 5) is 18.1. The van der Waals surface area contributed by atoms with Gasteiger partial charge in [0.15, 0.2) is 0 Å². The Morgan fingerprint density at radius 1 is 1.27 bits per heavy atom. The fourth-order valence-electron chi connectivity index (χ4n) is 2.63. The highest BCUT2D eigenvalue weighted by molar-refractivity contribution is 5.75. The number of hydrogen-bond donors (Lipinski definition) is 3. The second-order valence-corrected chi connectivity index (χ2v) is 5.56. The number of nitrogens with zero attached hydrogens (tertiary/aromatic N) is 1. The van der Waals surface area contributed by atoms with Crippen molar-refractivity contribution in [2.75, 3.05) is 7.11 Å². The number of methoxy groups -OCH3 is 1. The molecule has 1 heterocycles. The number of benzene rings is 2. The Morgan fingerprint density at radius 3 is 2.58 bits per heavy atom. The first-order valence-corrected chi connectivity index (χ1v) is 7.54. The van der Waals surface area contributed by atoms with Gasteiger partial charge >= 0.3 is 6.09 Å². The van der Waals surface area contributed by atoms with E-state index in [0.29, 0.717) is 5.52 Å². The predicted octanol–water partition coefficient (Wildman–Crippen LogP) is 3.54. The summed E-state index contributed by atoms with van der Waals surface area (Å²) in [6.07, 6.45) is -1.73. The van der Waals surface area contributed by atoms with E-state index in [1.54, 1.807) is 0 Å². The van der Waals surface area contributed by atoms with Gasteiger partial charge in [-0.1, -0.05) is 0 Å². The molecule has 9 heteroatoms. The van der Waals surface area contributed by atoms with Gasteiger partial charge in [0.2, 0.25) is 0 Å². The quantitative estimate of drug-likeness (QED) is 0.645. The van der Waals surface area contributed by atoms with Crippen LogP contribution in [0.2, 0.25) is 0 Å². The summed E-state index contributed by atoms with van der Waals surface area (Å²) in [5.74, 6) is -2.14. The minimum Gasteiger partial charge on any atom is -0.497 e. The Labute approximate surface area is 145 Å². The van der Waals surface area contributed by atoms with Gasteiger partial charge in [0, 0.05) is 30.2 Å². The van der Waals surface area contributed by atoms with Crippen LogP contribution in [0.4, 0.5) is 18.0 Å². The molecule has 0 aliphatic carbocycles. The Balaban J connectivity index is 1.99. The van der Waals surface area contributed by atoms with Gasteiger partial charge in [-0.3, -0.25) is 0 Å². The average Bonchev–Trinajstić information content (AvgIpc) is 2.99. The Morgan fingerprint density at radius 2 is 1.96 bits per heavy atom. The van der Waals surface area contributed by atoms with Crippen LogP contribution in [0.3, 0.4) is 0 Å². The lowest BCUT2D eigenvalue weighted by Gasteiger charge is -2.16. The molecule has 0 spiro atoms. The maximum absolute atomic E-state index is 14.2. The molecular weight excluding hydrogens is 351 g/mol. The number of carboxylic acid groups (broad SMARTS) is 1. The molecule has 0 fully saturated rings. The van der Waals surface area contributed by atoms with Gasteiger partial charge in [-0.15, -0.1) is 0 Å². The van der Waals surface area contributed by atoms with Crippen LogP contribution >= 0.6 is 0 Å². The number of amides is 1. The van der Waals surface area contributed by atoms with E-state index in [1.165, 1.54) is 25.3 Å².